The van der Waals surface area contributed by atoms with Crippen LogP contribution in [0.4, 0.5) is 0 Å². The maximum absolute atomic E-state index is 12.6. The largest absolute Gasteiger partial charge is 0.379 e. The van der Waals surface area contributed by atoms with Crippen molar-refractivity contribution in [3.8, 4) is 0 Å². The van der Waals surface area contributed by atoms with Crippen LogP contribution in [0.25, 0.3) is 0 Å². The molecule has 2 aliphatic heterocycles. The third-order valence-electron chi connectivity index (χ3n) is 3.65. The molecule has 2 heterocycles. The summed E-state index contributed by atoms with van der Waals surface area (Å²) in [7, 11) is -3.51. The number of hydrazine groups is 1. The van der Waals surface area contributed by atoms with Crippen LogP contribution in [-0.2, 0) is 27.7 Å². The first kappa shape index (κ1) is 14.0. The van der Waals surface area contributed by atoms with E-state index in [-0.39, 0.29) is 0 Å². The summed E-state index contributed by atoms with van der Waals surface area (Å²) in [5, 5.41) is 4.97. The van der Waals surface area contributed by atoms with Crippen LogP contribution in [0.3, 0.4) is 0 Å². The topological polar surface area (TPSA) is 70.7 Å². The molecule has 0 aromatic heterocycles. The zero-order valence-electron chi connectivity index (χ0n) is 11.3. The summed E-state index contributed by atoms with van der Waals surface area (Å²) in [4.78, 5) is 3.07. The minimum atomic E-state index is -3.51. The lowest BCUT2D eigenvalue weighted by atomic mass is 10.0. The molecule has 2 N–H and O–H groups in total. The fraction of sp³-hybridized carbons (Fsp3) is 0.538. The molecule has 0 unspecified atom stereocenters. The highest BCUT2D eigenvalue weighted by atomic mass is 32.2. The summed E-state index contributed by atoms with van der Waals surface area (Å²) in [6.45, 7) is 3.82. The number of nitrogens with one attached hydrogen (secondary N) is 2. The van der Waals surface area contributed by atoms with Crippen LogP contribution in [0, 0.1) is 0 Å². The van der Waals surface area contributed by atoms with E-state index >= 15 is 0 Å². The standard InChI is InChI=1S/C13H19N3O3S/c17-20(18,15-16-6-8-19-9-7-16)13-3-1-2-11-10-14-5-4-12(11)13/h1-3,14-15H,4-10H2. The van der Waals surface area contributed by atoms with E-state index in [2.05, 4.69) is 10.1 Å². The summed E-state index contributed by atoms with van der Waals surface area (Å²) in [5.74, 6) is 0. The van der Waals surface area contributed by atoms with Crippen molar-refractivity contribution < 1.29 is 13.2 Å². The lowest BCUT2D eigenvalue weighted by Crippen LogP contribution is -2.48. The number of hydrogen-bond acceptors (Lipinski definition) is 5. The molecular formula is C13H19N3O3S. The fourth-order valence-corrected chi connectivity index (χ4v) is 4.06. The van der Waals surface area contributed by atoms with Gasteiger partial charge in [0.2, 0.25) is 0 Å². The van der Waals surface area contributed by atoms with E-state index in [0.29, 0.717) is 31.2 Å². The molecule has 1 aromatic rings. The smallest absolute Gasteiger partial charge is 0.253 e. The first-order valence-corrected chi connectivity index (χ1v) is 8.32. The molecule has 110 valence electrons. The molecule has 0 saturated carbocycles. The Morgan fingerprint density at radius 1 is 1.25 bits per heavy atom. The van der Waals surface area contributed by atoms with E-state index in [0.717, 1.165) is 30.6 Å². The molecule has 0 radical (unpaired) electrons. The van der Waals surface area contributed by atoms with E-state index in [1.54, 1.807) is 17.1 Å². The van der Waals surface area contributed by atoms with Crippen molar-refractivity contribution in [2.45, 2.75) is 17.9 Å². The van der Waals surface area contributed by atoms with Gasteiger partial charge < -0.3 is 10.1 Å². The number of sulfonamides is 1. The molecule has 1 saturated heterocycles. The summed E-state index contributed by atoms with van der Waals surface area (Å²) in [6.07, 6.45) is 0.746. The van der Waals surface area contributed by atoms with Gasteiger partial charge in [0.05, 0.1) is 18.1 Å². The molecule has 0 amide bonds. The molecule has 0 atom stereocenters. The van der Waals surface area contributed by atoms with Gasteiger partial charge in [-0.1, -0.05) is 12.1 Å². The van der Waals surface area contributed by atoms with Crippen LogP contribution in [0.1, 0.15) is 11.1 Å². The predicted octanol–water partition coefficient (Wildman–Crippen LogP) is -0.142. The van der Waals surface area contributed by atoms with Crippen molar-refractivity contribution in [3.05, 3.63) is 29.3 Å². The van der Waals surface area contributed by atoms with Crippen LogP contribution >= 0.6 is 0 Å². The van der Waals surface area contributed by atoms with Gasteiger partial charge in [0, 0.05) is 19.6 Å². The van der Waals surface area contributed by atoms with Crippen molar-refractivity contribution in [1.29, 1.82) is 0 Å². The van der Waals surface area contributed by atoms with Gasteiger partial charge in [-0.05, 0) is 30.2 Å². The number of nitrogens with zero attached hydrogens (tertiary/aromatic N) is 1. The third kappa shape index (κ3) is 2.87. The van der Waals surface area contributed by atoms with Crippen molar-refractivity contribution in [1.82, 2.24) is 15.2 Å². The predicted molar refractivity (Wildman–Crippen MR) is 74.6 cm³/mol. The Balaban J connectivity index is 1.87. The van der Waals surface area contributed by atoms with Gasteiger partial charge >= 0.3 is 0 Å². The monoisotopic (exact) mass is 297 g/mol. The highest BCUT2D eigenvalue weighted by molar-refractivity contribution is 7.89. The molecule has 6 nitrogen and oxygen atoms in total. The Kier molecular flexibility index (Phi) is 4.04. The summed E-state index contributed by atoms with van der Waals surface area (Å²) in [6, 6.07) is 5.47. The fourth-order valence-electron chi connectivity index (χ4n) is 2.62. The minimum absolute atomic E-state index is 0.406. The van der Waals surface area contributed by atoms with E-state index < -0.39 is 10.0 Å². The number of benzene rings is 1. The van der Waals surface area contributed by atoms with Gasteiger partial charge in [-0.3, -0.25) is 0 Å². The Labute approximate surface area is 119 Å². The van der Waals surface area contributed by atoms with E-state index in [1.165, 1.54) is 0 Å². The van der Waals surface area contributed by atoms with Gasteiger partial charge in [-0.25, -0.2) is 13.4 Å². The van der Waals surface area contributed by atoms with Gasteiger partial charge in [0.25, 0.3) is 10.0 Å². The molecule has 0 spiro atoms. The average Bonchev–Trinajstić information content (AvgIpc) is 2.47. The van der Waals surface area contributed by atoms with Crippen molar-refractivity contribution in [3.63, 3.8) is 0 Å². The minimum Gasteiger partial charge on any atom is -0.379 e. The second-order valence-corrected chi connectivity index (χ2v) is 6.64. The zero-order valence-corrected chi connectivity index (χ0v) is 12.1. The molecule has 7 heteroatoms. The van der Waals surface area contributed by atoms with Crippen LogP contribution in [0.5, 0.6) is 0 Å². The van der Waals surface area contributed by atoms with Gasteiger partial charge in [0.1, 0.15) is 0 Å². The Morgan fingerprint density at radius 3 is 2.85 bits per heavy atom. The first-order valence-electron chi connectivity index (χ1n) is 6.83. The lowest BCUT2D eigenvalue weighted by Gasteiger charge is -2.28. The van der Waals surface area contributed by atoms with Crippen LogP contribution in [0.15, 0.2) is 23.1 Å². The molecular weight excluding hydrogens is 278 g/mol. The Bertz CT molecular complexity index is 583. The normalized spacial score (nSPS) is 20.6. The van der Waals surface area contributed by atoms with Crippen molar-refractivity contribution >= 4 is 10.0 Å². The summed E-state index contributed by atoms with van der Waals surface area (Å²) >= 11 is 0. The number of rotatable bonds is 3. The zero-order chi connectivity index (χ0) is 14.0. The molecule has 0 aliphatic carbocycles. The van der Waals surface area contributed by atoms with Crippen molar-refractivity contribution in [2.24, 2.45) is 0 Å². The molecule has 3 rings (SSSR count). The summed E-state index contributed by atoms with van der Waals surface area (Å²) < 4.78 is 30.3. The molecule has 20 heavy (non-hydrogen) atoms. The number of hydrogen-bond donors (Lipinski definition) is 2. The highest BCUT2D eigenvalue weighted by Gasteiger charge is 2.25. The van der Waals surface area contributed by atoms with Crippen LogP contribution in [-0.4, -0.2) is 46.3 Å². The molecule has 1 aromatic carbocycles. The Morgan fingerprint density at radius 2 is 2.05 bits per heavy atom. The first-order chi connectivity index (χ1) is 9.67. The van der Waals surface area contributed by atoms with Crippen LogP contribution in [0.2, 0.25) is 0 Å². The van der Waals surface area contributed by atoms with Gasteiger partial charge in [0.15, 0.2) is 0 Å². The van der Waals surface area contributed by atoms with Crippen molar-refractivity contribution in [2.75, 3.05) is 32.8 Å². The lowest BCUT2D eigenvalue weighted by molar-refractivity contribution is 0.0272. The van der Waals surface area contributed by atoms with E-state index in [4.69, 9.17) is 4.74 Å². The third-order valence-corrected chi connectivity index (χ3v) is 5.11. The average molecular weight is 297 g/mol. The number of morpholine rings is 1. The maximum atomic E-state index is 12.6. The number of ether oxygens (including phenoxy) is 1. The highest BCUT2D eigenvalue weighted by Crippen LogP contribution is 2.22. The Hall–Kier alpha value is -0.990. The SMILES string of the molecule is O=S(=O)(NN1CCOCC1)c1cccc2c1CCNC2. The molecule has 2 aliphatic rings. The van der Waals surface area contributed by atoms with E-state index in [9.17, 15) is 8.42 Å². The quantitative estimate of drug-likeness (QED) is 0.812. The second kappa shape index (κ2) is 5.79. The van der Waals surface area contributed by atoms with E-state index in [1.807, 2.05) is 6.07 Å². The van der Waals surface area contributed by atoms with Gasteiger partial charge in [-0.15, -0.1) is 4.83 Å². The molecule has 1 fully saturated rings. The molecule has 0 bridgehead atoms. The summed E-state index contributed by atoms with van der Waals surface area (Å²) in [5.41, 5.74) is 2.01. The number of fused-ring (bicyclic) bond motifs is 1. The van der Waals surface area contributed by atoms with Gasteiger partial charge in [-0.2, -0.15) is 0 Å². The second-order valence-electron chi connectivity index (χ2n) is 5.01. The maximum Gasteiger partial charge on any atom is 0.253 e. The van der Waals surface area contributed by atoms with Crippen LogP contribution < -0.4 is 10.1 Å².